The van der Waals surface area contributed by atoms with Gasteiger partial charge in [-0.2, -0.15) is 0 Å². The second-order valence-corrected chi connectivity index (χ2v) is 9.66. The van der Waals surface area contributed by atoms with Gasteiger partial charge in [0.05, 0.1) is 56.5 Å². The number of dihydropyridines is 1. The number of aliphatic carboxylic acids is 2. The second-order valence-electron chi connectivity index (χ2n) is 9.66. The van der Waals surface area contributed by atoms with Crippen molar-refractivity contribution < 1.29 is 80.1 Å². The number of esters is 2. The zero-order chi connectivity index (χ0) is 35.1. The Balaban J connectivity index is 3.23. The van der Waals surface area contributed by atoms with Crippen molar-refractivity contribution >= 4 is 23.9 Å². The Kier molecular flexibility index (Phi) is 13.1. The molecule has 1 aliphatic rings. The molecule has 3 atom stereocenters. The topological polar surface area (TPSA) is 213 Å². The van der Waals surface area contributed by atoms with Crippen molar-refractivity contribution in [3.05, 3.63) is 57.2 Å². The van der Waals surface area contributed by atoms with Crippen molar-refractivity contribution in [2.24, 2.45) is 5.73 Å². The fraction of sp³-hybridized carbons (Fsp3) is 0.481. The molecule has 0 amide bonds. The number of carbonyl (C=O) groups is 4. The van der Waals surface area contributed by atoms with Crippen LogP contribution in [0, 0.1) is 29.1 Å². The minimum absolute atomic E-state index is 0.0936. The molecule has 1 aliphatic heterocycles. The van der Waals surface area contributed by atoms with Gasteiger partial charge in [0, 0.05) is 12.2 Å². The number of carboxylic acid groups (broad SMARTS) is 2. The molecule has 0 spiro atoms. The summed E-state index contributed by atoms with van der Waals surface area (Å²) in [6.45, 7) is 2.64. The van der Waals surface area contributed by atoms with E-state index in [-0.39, 0.29) is 26.4 Å². The summed E-state index contributed by atoms with van der Waals surface area (Å²) in [5.41, 5.74) is -4.51. The van der Waals surface area contributed by atoms with E-state index in [1.165, 1.54) is 13.8 Å². The Morgan fingerprint density at radius 3 is 1.87 bits per heavy atom. The first-order valence-corrected chi connectivity index (χ1v) is 13.2. The predicted octanol–water partition coefficient (Wildman–Crippen LogP) is 0.741. The number of allylic oxidation sites excluding steroid dienone is 1. The first-order chi connectivity index (χ1) is 21.5. The van der Waals surface area contributed by atoms with E-state index in [1.54, 1.807) is 0 Å². The molecule has 1 aromatic rings. The molecule has 0 saturated carbocycles. The summed E-state index contributed by atoms with van der Waals surface area (Å²) in [4.78, 5) is 50.9. The average molecular weight is 671 g/mol. The average Bonchev–Trinajstić information content (AvgIpc) is 2.98. The van der Waals surface area contributed by atoms with Gasteiger partial charge in [-0.1, -0.05) is 0 Å². The highest BCUT2D eigenvalue weighted by molar-refractivity contribution is 6.01. The highest BCUT2D eigenvalue weighted by Gasteiger charge is 2.60. The number of hydrogen-bond acceptors (Lipinski definition) is 12. The van der Waals surface area contributed by atoms with Crippen LogP contribution >= 0.6 is 0 Å². The van der Waals surface area contributed by atoms with Crippen LogP contribution in [0.3, 0.4) is 0 Å². The number of ether oxygens (including phenoxy) is 5. The lowest BCUT2D eigenvalue weighted by atomic mass is 9.74. The summed E-state index contributed by atoms with van der Waals surface area (Å²) in [6, 6.07) is 0. The van der Waals surface area contributed by atoms with Crippen LogP contribution in [0.4, 0.5) is 22.0 Å². The van der Waals surface area contributed by atoms with E-state index in [0.29, 0.717) is 7.11 Å². The lowest BCUT2D eigenvalue weighted by Crippen LogP contribution is -2.55. The van der Waals surface area contributed by atoms with Gasteiger partial charge < -0.3 is 50.1 Å². The Morgan fingerprint density at radius 1 is 0.848 bits per heavy atom. The van der Waals surface area contributed by atoms with Crippen molar-refractivity contribution in [3.63, 3.8) is 0 Å². The molecule has 256 valence electrons. The number of aliphatic hydroxyl groups is 1. The van der Waals surface area contributed by atoms with Gasteiger partial charge in [0.15, 0.2) is 41.1 Å². The highest BCUT2D eigenvalue weighted by atomic mass is 19.2. The Morgan fingerprint density at radius 2 is 1.39 bits per heavy atom. The molecule has 14 nitrogen and oxygen atoms in total. The first-order valence-electron chi connectivity index (χ1n) is 13.2. The van der Waals surface area contributed by atoms with Gasteiger partial charge in [0.25, 0.3) is 0 Å². The summed E-state index contributed by atoms with van der Waals surface area (Å²) >= 11 is 0. The van der Waals surface area contributed by atoms with Gasteiger partial charge in [-0.3, -0.25) is 0 Å². The molecule has 6 N–H and O–H groups in total. The molecule has 0 saturated heterocycles. The number of nitrogens with two attached hydrogens (primary N) is 1. The van der Waals surface area contributed by atoms with Gasteiger partial charge in [0.1, 0.15) is 5.57 Å². The Hall–Kier alpha value is -4.17. The monoisotopic (exact) mass is 670 g/mol. The minimum atomic E-state index is -3.88. The third-order valence-electron chi connectivity index (χ3n) is 6.19. The molecule has 0 aliphatic carbocycles. The van der Waals surface area contributed by atoms with Crippen LogP contribution < -0.4 is 11.1 Å². The Bertz CT molecular complexity index is 1400. The Labute approximate surface area is 257 Å². The summed E-state index contributed by atoms with van der Waals surface area (Å²) in [5, 5.41) is 32.0. The number of aliphatic hydroxyl groups excluding tert-OH is 1. The normalized spacial score (nSPS) is 17.9. The molecule has 0 fully saturated rings. The molecule has 46 heavy (non-hydrogen) atoms. The number of carbonyl (C=O) groups excluding carboxylic acids is 2. The molecule has 3 unspecified atom stereocenters. The molecular weight excluding hydrogens is 639 g/mol. The summed E-state index contributed by atoms with van der Waals surface area (Å²) in [5.74, 6) is -21.5. The third kappa shape index (κ3) is 7.61. The van der Waals surface area contributed by atoms with Crippen molar-refractivity contribution in [2.45, 2.75) is 44.7 Å². The highest BCUT2D eigenvalue weighted by Crippen LogP contribution is 2.50. The number of nitrogens with one attached hydrogen (secondary N) is 1. The standard InChI is InChI=1S/C27H31F5N2O12/c1-10(2)45-26(41)14-12(9-44-8-7-43-6-5-33)34-11(3)13(25(40)42-4)27(14,46-22(24(38)39)21(35)23(36)37)15-16(28)18(30)20(32)19(31)17(15)29/h10,21-22,34-35H,5-9,33H2,1-4H3,(H,36,37)(H,38,39). The SMILES string of the molecule is COC(=O)C1=C(C)NC(COCCOCCN)=C(C(=O)OC(C)C)C1(OC(C(=O)O)C(O)C(=O)O)c1c(F)c(F)c(F)c(F)c1F. The largest absolute Gasteiger partial charge is 0.479 e. The first kappa shape index (κ1) is 38.0. The molecule has 1 heterocycles. The number of rotatable bonds is 16. The number of methoxy groups -OCH3 is 1. The molecule has 0 radical (unpaired) electrons. The van der Waals surface area contributed by atoms with Gasteiger partial charge in [-0.25, -0.2) is 41.1 Å². The number of benzene rings is 1. The van der Waals surface area contributed by atoms with E-state index in [4.69, 9.17) is 24.7 Å². The summed E-state index contributed by atoms with van der Waals surface area (Å²) < 4.78 is 101. The van der Waals surface area contributed by atoms with Crippen LogP contribution in [-0.4, -0.2) is 97.6 Å². The lowest BCUT2D eigenvalue weighted by Gasteiger charge is -2.43. The van der Waals surface area contributed by atoms with Crippen LogP contribution in [0.15, 0.2) is 22.5 Å². The molecular formula is C27H31F5N2O12. The van der Waals surface area contributed by atoms with Crippen LogP contribution in [-0.2, 0) is 48.5 Å². The van der Waals surface area contributed by atoms with Gasteiger partial charge in [-0.15, -0.1) is 0 Å². The van der Waals surface area contributed by atoms with E-state index < -0.39 is 112 Å². The fourth-order valence-electron chi connectivity index (χ4n) is 4.39. The van der Waals surface area contributed by atoms with E-state index >= 15 is 8.78 Å². The number of hydrogen-bond donors (Lipinski definition) is 5. The zero-order valence-corrected chi connectivity index (χ0v) is 24.8. The maximum atomic E-state index is 15.8. The second kappa shape index (κ2) is 15.9. The number of carboxylic acids is 2. The van der Waals surface area contributed by atoms with Crippen molar-refractivity contribution in [2.75, 3.05) is 40.1 Å². The van der Waals surface area contributed by atoms with E-state index in [0.717, 1.165) is 6.92 Å². The molecule has 2 rings (SSSR count). The maximum absolute atomic E-state index is 15.8. The quantitative estimate of drug-likeness (QED) is 0.0540. The van der Waals surface area contributed by atoms with Crippen molar-refractivity contribution in [1.82, 2.24) is 5.32 Å². The third-order valence-corrected chi connectivity index (χ3v) is 6.19. The smallest absolute Gasteiger partial charge is 0.339 e. The van der Waals surface area contributed by atoms with Gasteiger partial charge in [-0.05, 0) is 20.8 Å². The van der Waals surface area contributed by atoms with Gasteiger partial charge in [0.2, 0.25) is 5.82 Å². The molecule has 0 bridgehead atoms. The van der Waals surface area contributed by atoms with Crippen molar-refractivity contribution in [3.8, 4) is 0 Å². The van der Waals surface area contributed by atoms with Crippen LogP contribution in [0.1, 0.15) is 26.3 Å². The maximum Gasteiger partial charge on any atom is 0.339 e. The van der Waals surface area contributed by atoms with Crippen LogP contribution in [0.5, 0.6) is 0 Å². The minimum Gasteiger partial charge on any atom is -0.479 e. The molecule has 19 heteroatoms. The molecule has 1 aromatic carbocycles. The van der Waals surface area contributed by atoms with Crippen molar-refractivity contribution in [1.29, 1.82) is 0 Å². The fourth-order valence-corrected chi connectivity index (χ4v) is 4.39. The van der Waals surface area contributed by atoms with E-state index in [2.05, 4.69) is 10.1 Å². The zero-order valence-electron chi connectivity index (χ0n) is 24.8. The van der Waals surface area contributed by atoms with E-state index in [1.807, 2.05) is 0 Å². The van der Waals surface area contributed by atoms with Gasteiger partial charge >= 0.3 is 23.9 Å². The van der Waals surface area contributed by atoms with Crippen LogP contribution in [0.25, 0.3) is 0 Å². The lowest BCUT2D eigenvalue weighted by molar-refractivity contribution is -0.185. The number of halogens is 5. The van der Waals surface area contributed by atoms with E-state index in [9.17, 15) is 47.7 Å². The predicted molar refractivity (Wildman–Crippen MR) is 141 cm³/mol. The summed E-state index contributed by atoms with van der Waals surface area (Å²) in [6.07, 6.45) is -7.37. The summed E-state index contributed by atoms with van der Waals surface area (Å²) in [7, 11) is 0.697. The van der Waals surface area contributed by atoms with Crippen LogP contribution in [0.2, 0.25) is 0 Å². The molecule has 0 aromatic heterocycles.